The van der Waals surface area contributed by atoms with Crippen LogP contribution in [0.2, 0.25) is 0 Å². The Morgan fingerprint density at radius 1 is 1.42 bits per heavy atom. The highest BCUT2D eigenvalue weighted by Crippen LogP contribution is 2.21. The number of likely N-dealkylation sites (N-methyl/N-ethyl adjacent to an activating group) is 1. The normalized spacial score (nSPS) is 20.4. The van der Waals surface area contributed by atoms with Crippen molar-refractivity contribution in [2.45, 2.75) is 39.3 Å². The van der Waals surface area contributed by atoms with E-state index in [1.54, 1.807) is 13.1 Å². The van der Waals surface area contributed by atoms with E-state index in [0.717, 1.165) is 24.9 Å². The molecule has 0 unspecified atom stereocenters. The maximum absolute atomic E-state index is 12.4. The Morgan fingerprint density at radius 2 is 2.21 bits per heavy atom. The molecule has 0 saturated carbocycles. The average molecular weight is 332 g/mol. The number of likely N-dealkylation sites (tertiary alicyclic amines) is 1. The molecule has 6 heteroatoms. The lowest BCUT2D eigenvalue weighted by molar-refractivity contribution is -0.128. The number of pyridine rings is 1. The maximum Gasteiger partial charge on any atom is 0.234 e. The van der Waals surface area contributed by atoms with Crippen LogP contribution in [0, 0.1) is 5.92 Å². The van der Waals surface area contributed by atoms with E-state index in [-0.39, 0.29) is 17.9 Å². The molecule has 0 spiro atoms. The first-order chi connectivity index (χ1) is 11.5. The second-order valence-electron chi connectivity index (χ2n) is 6.68. The number of hydrogen-bond donors (Lipinski definition) is 1. The highest BCUT2D eigenvalue weighted by molar-refractivity contribution is 5.79. The number of hydrogen-bond acceptors (Lipinski definition) is 4. The second kappa shape index (κ2) is 8.78. The fraction of sp³-hybridized carbons (Fsp3) is 0.611. The number of nitrogens with one attached hydrogen (secondary N) is 1. The lowest BCUT2D eigenvalue weighted by atomic mass is 9.98. The summed E-state index contributed by atoms with van der Waals surface area (Å²) in [6.07, 6.45) is 5.64. The van der Waals surface area contributed by atoms with E-state index in [9.17, 15) is 9.59 Å². The van der Waals surface area contributed by atoms with E-state index >= 15 is 0 Å². The topological polar surface area (TPSA) is 65.5 Å². The van der Waals surface area contributed by atoms with Gasteiger partial charge in [-0.1, -0.05) is 19.4 Å². The van der Waals surface area contributed by atoms with E-state index in [4.69, 9.17) is 0 Å². The third-order valence-corrected chi connectivity index (χ3v) is 4.48. The van der Waals surface area contributed by atoms with E-state index in [2.05, 4.69) is 17.2 Å². The zero-order chi connectivity index (χ0) is 17.5. The van der Waals surface area contributed by atoms with Gasteiger partial charge in [-0.05, 0) is 31.0 Å². The molecule has 1 saturated heterocycles. The fourth-order valence-electron chi connectivity index (χ4n) is 3.31. The van der Waals surface area contributed by atoms with Gasteiger partial charge < -0.3 is 10.2 Å². The van der Waals surface area contributed by atoms with Crippen LogP contribution >= 0.6 is 0 Å². The third kappa shape index (κ3) is 5.30. The Kier molecular flexibility index (Phi) is 6.73. The number of nitrogens with zero attached hydrogens (tertiary/aromatic N) is 3. The molecule has 0 radical (unpaired) electrons. The maximum atomic E-state index is 12.4. The lowest BCUT2D eigenvalue weighted by Gasteiger charge is -2.21. The molecular weight excluding hydrogens is 304 g/mol. The predicted octanol–water partition coefficient (Wildman–Crippen LogP) is 1.28. The van der Waals surface area contributed by atoms with Gasteiger partial charge in [0.05, 0.1) is 12.6 Å². The van der Waals surface area contributed by atoms with Gasteiger partial charge in [0.15, 0.2) is 0 Å². The average Bonchev–Trinajstić information content (AvgIpc) is 2.91. The standard InChI is InChI=1S/C18H28N4O2/c1-4-6-16-11-22(14(2)23)12-17(16)20-18(24)13-21(3)10-15-7-5-8-19-9-15/h5,7-9,16-17H,4,6,10-13H2,1-3H3,(H,20,24)/t16-,17-/m1/s1. The smallest absolute Gasteiger partial charge is 0.234 e. The summed E-state index contributed by atoms with van der Waals surface area (Å²) in [6.45, 7) is 6.12. The molecular formula is C18H28N4O2. The molecule has 6 nitrogen and oxygen atoms in total. The van der Waals surface area contributed by atoms with Crippen molar-refractivity contribution in [3.05, 3.63) is 30.1 Å². The molecule has 2 heterocycles. The molecule has 132 valence electrons. The van der Waals surface area contributed by atoms with Crippen molar-refractivity contribution in [1.29, 1.82) is 0 Å². The minimum atomic E-state index is 0.0119. The number of carbonyl (C=O) groups excluding carboxylic acids is 2. The van der Waals surface area contributed by atoms with Gasteiger partial charge >= 0.3 is 0 Å². The van der Waals surface area contributed by atoms with Gasteiger partial charge in [0.2, 0.25) is 11.8 Å². The van der Waals surface area contributed by atoms with Crippen molar-refractivity contribution in [2.24, 2.45) is 5.92 Å². The minimum absolute atomic E-state index is 0.0119. The number of aromatic nitrogens is 1. The van der Waals surface area contributed by atoms with E-state index in [1.165, 1.54) is 0 Å². The molecule has 1 fully saturated rings. The first-order valence-electron chi connectivity index (χ1n) is 8.62. The highest BCUT2D eigenvalue weighted by Gasteiger charge is 2.34. The van der Waals surface area contributed by atoms with Crippen LogP contribution in [0.15, 0.2) is 24.5 Å². The van der Waals surface area contributed by atoms with E-state index < -0.39 is 0 Å². The van der Waals surface area contributed by atoms with Crippen LogP contribution in [-0.2, 0) is 16.1 Å². The Bertz CT molecular complexity index is 549. The van der Waals surface area contributed by atoms with Crippen LogP contribution in [0.5, 0.6) is 0 Å². The Hall–Kier alpha value is -1.95. The quantitative estimate of drug-likeness (QED) is 0.817. The first kappa shape index (κ1) is 18.4. The Labute approximate surface area is 144 Å². The number of rotatable bonds is 7. The molecule has 2 amide bonds. The van der Waals surface area contributed by atoms with Crippen molar-refractivity contribution in [3.63, 3.8) is 0 Å². The van der Waals surface area contributed by atoms with Crippen LogP contribution in [0.3, 0.4) is 0 Å². The summed E-state index contributed by atoms with van der Waals surface area (Å²) in [7, 11) is 1.92. The van der Waals surface area contributed by atoms with Gasteiger partial charge in [0, 0.05) is 39.0 Å². The van der Waals surface area contributed by atoms with Crippen LogP contribution in [-0.4, -0.2) is 59.3 Å². The Balaban J connectivity index is 1.84. The molecule has 2 atom stereocenters. The summed E-state index contributed by atoms with van der Waals surface area (Å²) in [5.41, 5.74) is 1.08. The van der Waals surface area contributed by atoms with Crippen LogP contribution in [0.25, 0.3) is 0 Å². The number of carbonyl (C=O) groups is 2. The summed E-state index contributed by atoms with van der Waals surface area (Å²) in [4.78, 5) is 31.9. The predicted molar refractivity (Wildman–Crippen MR) is 93.2 cm³/mol. The second-order valence-corrected chi connectivity index (χ2v) is 6.68. The largest absolute Gasteiger partial charge is 0.350 e. The lowest BCUT2D eigenvalue weighted by Crippen LogP contribution is -2.44. The van der Waals surface area contributed by atoms with Gasteiger partial charge in [0.1, 0.15) is 0 Å². The van der Waals surface area contributed by atoms with Crippen molar-refractivity contribution >= 4 is 11.8 Å². The summed E-state index contributed by atoms with van der Waals surface area (Å²) < 4.78 is 0. The molecule has 1 aromatic heterocycles. The molecule has 24 heavy (non-hydrogen) atoms. The molecule has 1 N–H and O–H groups in total. The monoisotopic (exact) mass is 332 g/mol. The molecule has 2 rings (SSSR count). The zero-order valence-corrected chi connectivity index (χ0v) is 14.9. The molecule has 1 aromatic rings. The van der Waals surface area contributed by atoms with Crippen molar-refractivity contribution in [2.75, 3.05) is 26.7 Å². The first-order valence-corrected chi connectivity index (χ1v) is 8.62. The van der Waals surface area contributed by atoms with Crippen LogP contribution in [0.4, 0.5) is 0 Å². The summed E-state index contributed by atoms with van der Waals surface area (Å²) in [5.74, 6) is 0.450. The summed E-state index contributed by atoms with van der Waals surface area (Å²) in [5, 5.41) is 3.13. The van der Waals surface area contributed by atoms with Crippen LogP contribution < -0.4 is 5.32 Å². The third-order valence-electron chi connectivity index (χ3n) is 4.48. The molecule has 1 aliphatic heterocycles. The molecule has 0 bridgehead atoms. The van der Waals surface area contributed by atoms with E-state index in [1.807, 2.05) is 35.2 Å². The molecule has 0 aromatic carbocycles. The van der Waals surface area contributed by atoms with Gasteiger partial charge in [-0.3, -0.25) is 19.5 Å². The molecule has 0 aliphatic carbocycles. The van der Waals surface area contributed by atoms with Crippen molar-refractivity contribution < 1.29 is 9.59 Å². The fourth-order valence-corrected chi connectivity index (χ4v) is 3.31. The highest BCUT2D eigenvalue weighted by atomic mass is 16.2. The van der Waals surface area contributed by atoms with Gasteiger partial charge in [-0.15, -0.1) is 0 Å². The Morgan fingerprint density at radius 3 is 2.83 bits per heavy atom. The van der Waals surface area contributed by atoms with Crippen LogP contribution in [0.1, 0.15) is 32.3 Å². The van der Waals surface area contributed by atoms with Crippen molar-refractivity contribution in [1.82, 2.24) is 20.1 Å². The van der Waals surface area contributed by atoms with E-state index in [0.29, 0.717) is 25.6 Å². The summed E-state index contributed by atoms with van der Waals surface area (Å²) >= 11 is 0. The summed E-state index contributed by atoms with van der Waals surface area (Å²) in [6, 6.07) is 3.96. The van der Waals surface area contributed by atoms with Gasteiger partial charge in [-0.2, -0.15) is 0 Å². The zero-order valence-electron chi connectivity index (χ0n) is 14.9. The minimum Gasteiger partial charge on any atom is -0.350 e. The van der Waals surface area contributed by atoms with Crippen molar-refractivity contribution in [3.8, 4) is 0 Å². The molecule has 1 aliphatic rings. The van der Waals surface area contributed by atoms with Gasteiger partial charge in [-0.25, -0.2) is 0 Å². The number of amides is 2. The van der Waals surface area contributed by atoms with Gasteiger partial charge in [0.25, 0.3) is 0 Å². The SMILES string of the molecule is CCC[C@@H]1CN(C(C)=O)C[C@H]1NC(=O)CN(C)Cc1cccnc1.